The summed E-state index contributed by atoms with van der Waals surface area (Å²) < 4.78 is 49.6. The van der Waals surface area contributed by atoms with Crippen LogP contribution in [0, 0.1) is 21.4 Å². The first-order valence-electron chi connectivity index (χ1n) is 26.3. The summed E-state index contributed by atoms with van der Waals surface area (Å²) >= 11 is 0. The first kappa shape index (κ1) is 49.3. The SMILES string of the molecule is CC(C)c1ccccc1[C@@H]1CCCN1C1CC2(CCN(c3ccc(C(=O)NS(=O)(=O)c4cc5c(c([N+](=O)[O-])c4)N[C@@H](C4CCC(C)(O)CC4)CO5)c(Oc4cc5cc[nH]c5nc4OC[C@H]4CCN4C)c3)CC2)C1. The summed E-state index contributed by atoms with van der Waals surface area (Å²) in [6.07, 6.45) is 12.2. The highest BCUT2D eigenvalue weighted by molar-refractivity contribution is 7.90. The number of benzene rings is 3. The smallest absolute Gasteiger partial charge is 0.297 e. The number of nitro benzene ring substituents is 1. The Kier molecular flexibility index (Phi) is 13.1. The molecular formula is C55H68N8O9S. The van der Waals surface area contributed by atoms with Crippen LogP contribution in [0.2, 0.25) is 0 Å². The zero-order chi connectivity index (χ0) is 50.8. The number of likely N-dealkylation sites (N-methyl/N-ethyl adjacent to an activating group) is 1. The van der Waals surface area contributed by atoms with Crippen molar-refractivity contribution in [3.05, 3.63) is 99.7 Å². The van der Waals surface area contributed by atoms with Gasteiger partial charge in [-0.25, -0.2) is 13.1 Å². The highest BCUT2D eigenvalue weighted by Gasteiger charge is 2.50. The summed E-state index contributed by atoms with van der Waals surface area (Å²) in [4.78, 5) is 41.0. The molecule has 3 aromatic carbocycles. The Hall–Kier alpha value is -5.95. The number of piperidine rings is 1. The molecule has 11 rings (SSSR count). The average molecular weight is 1020 g/mol. The zero-order valence-electron chi connectivity index (χ0n) is 42.3. The van der Waals surface area contributed by atoms with E-state index >= 15 is 0 Å². The lowest BCUT2D eigenvalue weighted by molar-refractivity contribution is -0.384. The molecule has 4 aliphatic heterocycles. The number of nitrogens with zero attached hydrogens (tertiary/aromatic N) is 5. The molecule has 18 heteroatoms. The highest BCUT2D eigenvalue weighted by Crippen LogP contribution is 2.55. The minimum absolute atomic E-state index is 0.00360. The second kappa shape index (κ2) is 19.4. The van der Waals surface area contributed by atoms with Crippen molar-refractivity contribution in [2.45, 2.75) is 132 Å². The number of nitrogens with one attached hydrogen (secondary N) is 3. The van der Waals surface area contributed by atoms with Crippen molar-refractivity contribution in [2.24, 2.45) is 11.3 Å². The predicted molar refractivity (Wildman–Crippen MR) is 278 cm³/mol. The fourth-order valence-corrected chi connectivity index (χ4v) is 13.6. The number of aliphatic hydroxyl groups is 1. The normalized spacial score (nSPS) is 25.4. The minimum Gasteiger partial charge on any atom is -0.489 e. The molecule has 6 heterocycles. The Morgan fingerprint density at radius 1 is 0.986 bits per heavy atom. The number of hydrogen-bond donors (Lipinski definition) is 4. The monoisotopic (exact) mass is 1020 g/mol. The van der Waals surface area contributed by atoms with Gasteiger partial charge in [0.2, 0.25) is 0 Å². The molecule has 0 radical (unpaired) electrons. The number of fused-ring (bicyclic) bond motifs is 2. The molecule has 5 fully saturated rings. The van der Waals surface area contributed by atoms with Gasteiger partial charge in [-0.05, 0) is 150 Å². The zero-order valence-corrected chi connectivity index (χ0v) is 43.1. The van der Waals surface area contributed by atoms with Crippen LogP contribution in [-0.2, 0) is 10.0 Å². The predicted octanol–water partition coefficient (Wildman–Crippen LogP) is 9.29. The lowest BCUT2D eigenvalue weighted by Gasteiger charge is -2.56. The summed E-state index contributed by atoms with van der Waals surface area (Å²) in [5.41, 5.74) is 3.40. The van der Waals surface area contributed by atoms with Crippen LogP contribution in [0.5, 0.6) is 23.1 Å². The number of carbonyl (C=O) groups excluding carboxylic acids is 1. The number of pyridine rings is 1. The van der Waals surface area contributed by atoms with Crippen LogP contribution in [0.4, 0.5) is 17.1 Å². The van der Waals surface area contributed by atoms with Crippen LogP contribution in [0.15, 0.2) is 77.8 Å². The molecule has 3 saturated heterocycles. The molecule has 2 aliphatic carbocycles. The van der Waals surface area contributed by atoms with Crippen LogP contribution in [0.25, 0.3) is 11.0 Å². The minimum atomic E-state index is -4.71. The number of sulfonamides is 1. The Morgan fingerprint density at radius 3 is 2.49 bits per heavy atom. The van der Waals surface area contributed by atoms with E-state index in [0.717, 1.165) is 62.6 Å². The number of anilines is 2. The number of hydrogen-bond acceptors (Lipinski definition) is 14. The van der Waals surface area contributed by atoms with E-state index in [1.807, 2.05) is 26.1 Å². The molecule has 17 nitrogen and oxygen atoms in total. The number of aromatic nitrogens is 2. The number of likely N-dealkylation sites (tertiary alicyclic amines) is 2. The van der Waals surface area contributed by atoms with Crippen LogP contribution < -0.4 is 29.1 Å². The molecule has 4 N–H and O–H groups in total. The van der Waals surface area contributed by atoms with Gasteiger partial charge in [0.15, 0.2) is 17.2 Å². The van der Waals surface area contributed by atoms with Gasteiger partial charge in [-0.2, -0.15) is 4.98 Å². The second-order valence-corrected chi connectivity index (χ2v) is 24.0. The van der Waals surface area contributed by atoms with Gasteiger partial charge in [0, 0.05) is 66.7 Å². The van der Waals surface area contributed by atoms with Gasteiger partial charge in [-0.15, -0.1) is 0 Å². The first-order valence-corrected chi connectivity index (χ1v) is 27.7. The van der Waals surface area contributed by atoms with Crippen molar-refractivity contribution < 1.29 is 37.5 Å². The van der Waals surface area contributed by atoms with Crippen LogP contribution in [-0.4, -0.2) is 114 Å². The van der Waals surface area contributed by atoms with Crippen molar-refractivity contribution in [2.75, 3.05) is 56.7 Å². The van der Waals surface area contributed by atoms with E-state index in [1.165, 1.54) is 42.9 Å². The van der Waals surface area contributed by atoms with E-state index in [2.05, 4.69) is 67.8 Å². The van der Waals surface area contributed by atoms with Gasteiger partial charge in [0.05, 0.1) is 27.0 Å². The van der Waals surface area contributed by atoms with Crippen molar-refractivity contribution in [1.29, 1.82) is 0 Å². The quantitative estimate of drug-likeness (QED) is 0.0605. The molecule has 1 amide bonds. The molecule has 73 heavy (non-hydrogen) atoms. The highest BCUT2D eigenvalue weighted by atomic mass is 32.2. The van der Waals surface area contributed by atoms with E-state index in [4.69, 9.17) is 19.2 Å². The van der Waals surface area contributed by atoms with Crippen molar-refractivity contribution in [1.82, 2.24) is 24.5 Å². The molecule has 388 valence electrons. The fourth-order valence-electron chi connectivity index (χ4n) is 12.6. The summed E-state index contributed by atoms with van der Waals surface area (Å²) in [6.45, 7) is 10.6. The number of nitro groups is 1. The largest absolute Gasteiger partial charge is 0.489 e. The van der Waals surface area contributed by atoms with Crippen LogP contribution >= 0.6 is 0 Å². The third-order valence-electron chi connectivity index (χ3n) is 17.2. The van der Waals surface area contributed by atoms with E-state index in [9.17, 15) is 28.4 Å². The van der Waals surface area contributed by atoms with Crippen molar-refractivity contribution >= 4 is 44.0 Å². The number of rotatable bonds is 14. The van der Waals surface area contributed by atoms with Crippen LogP contribution in [0.1, 0.15) is 125 Å². The Labute approximate surface area is 427 Å². The summed E-state index contributed by atoms with van der Waals surface area (Å²) in [5.74, 6) is 0.157. The number of ether oxygens (including phenoxy) is 3. The topological polar surface area (TPSA) is 205 Å². The molecule has 2 aromatic heterocycles. The van der Waals surface area contributed by atoms with Crippen molar-refractivity contribution in [3.8, 4) is 23.1 Å². The third-order valence-corrected chi connectivity index (χ3v) is 18.5. The molecule has 1 spiro atoms. The van der Waals surface area contributed by atoms with Gasteiger partial charge >= 0.3 is 0 Å². The molecule has 2 saturated carbocycles. The summed E-state index contributed by atoms with van der Waals surface area (Å²) in [5, 5.41) is 27.0. The maximum absolute atomic E-state index is 14.5. The molecule has 0 unspecified atom stereocenters. The Morgan fingerprint density at radius 2 is 1.77 bits per heavy atom. The Balaban J connectivity index is 0.841. The average Bonchev–Trinajstić information content (AvgIpc) is 4.04. The van der Waals surface area contributed by atoms with Gasteiger partial charge < -0.3 is 34.5 Å². The standard InChI is InChI=1S/C55H68N8O9S/c1-34(2)41-8-5-6-9-42(41)45-10-7-22-62(45)39-30-55(31-39)19-24-61(25-20-55)37-11-12-43(47(27-37)72-49-26-36-15-21-56-51(36)58-53(49)71-32-38-16-23-60(38)4)52(64)59-73(68,69)40-28-46(63(66)67)50-48(29-40)70-33-44(57-50)35-13-17-54(3,65)18-14-35/h5-6,8-9,11-12,15,21,26-29,34-35,38-39,44-45,57,65H,7,10,13-14,16-20,22-25,30-33H2,1-4H3,(H,56,58)(H,59,64)/t35?,38-,44-,45+,54?/m1/s1. The number of carbonyl (C=O) groups is 1. The summed E-state index contributed by atoms with van der Waals surface area (Å²) in [6, 6.07) is 20.9. The van der Waals surface area contributed by atoms with Gasteiger partial charge in [-0.1, -0.05) is 38.1 Å². The van der Waals surface area contributed by atoms with E-state index in [1.54, 1.807) is 24.4 Å². The van der Waals surface area contributed by atoms with E-state index in [-0.39, 0.29) is 64.4 Å². The molecular weight excluding hydrogens is 949 g/mol. The van der Waals surface area contributed by atoms with Gasteiger partial charge in [0.25, 0.3) is 27.5 Å². The number of aromatic amines is 1. The molecule has 6 aliphatic rings. The summed E-state index contributed by atoms with van der Waals surface area (Å²) in [7, 11) is -2.68. The van der Waals surface area contributed by atoms with Crippen LogP contribution in [0.3, 0.4) is 0 Å². The van der Waals surface area contributed by atoms with Crippen molar-refractivity contribution in [3.63, 3.8) is 0 Å². The lowest BCUT2D eigenvalue weighted by atomic mass is 9.59. The van der Waals surface area contributed by atoms with E-state index < -0.39 is 37.0 Å². The fraction of sp³-hybridized carbons (Fsp3) is 0.527. The lowest BCUT2D eigenvalue weighted by Crippen LogP contribution is -2.54. The maximum Gasteiger partial charge on any atom is 0.297 e. The maximum atomic E-state index is 14.5. The third kappa shape index (κ3) is 9.83. The molecule has 3 atom stereocenters. The second-order valence-electron chi connectivity index (χ2n) is 22.4. The Bertz CT molecular complexity index is 3010. The number of amides is 1. The first-order chi connectivity index (χ1) is 35.0. The van der Waals surface area contributed by atoms with E-state index in [0.29, 0.717) is 55.9 Å². The molecule has 5 aromatic rings. The van der Waals surface area contributed by atoms with Gasteiger partial charge in [0.1, 0.15) is 24.6 Å². The van der Waals surface area contributed by atoms with Gasteiger partial charge in [-0.3, -0.25) is 24.7 Å². The molecule has 0 bridgehead atoms. The number of H-pyrrole nitrogens is 1.